The third-order valence-corrected chi connectivity index (χ3v) is 4.88. The minimum absolute atomic E-state index is 0.319. The number of nitrogens with zero attached hydrogens (tertiary/aromatic N) is 1. The van der Waals surface area contributed by atoms with Crippen LogP contribution in [0.15, 0.2) is 0 Å². The number of carbonyl (C=O) groups is 4. The molecule has 0 saturated carbocycles. The summed E-state index contributed by atoms with van der Waals surface area (Å²) < 4.78 is 5.23. The normalized spacial score (nSPS) is 18.7. The lowest BCUT2D eigenvalue weighted by Gasteiger charge is -2.30. The zero-order chi connectivity index (χ0) is 22.2. The van der Waals surface area contributed by atoms with Crippen LogP contribution in [0.5, 0.6) is 0 Å². The molecule has 10 nitrogen and oxygen atoms in total. The fraction of sp³-hybridized carbons (Fsp3) is 0.778. The second-order valence-electron chi connectivity index (χ2n) is 7.75. The number of carbonyl (C=O) groups excluding carboxylic acids is 3. The molecular weight excluding hydrogens is 402 g/mol. The predicted octanol–water partition coefficient (Wildman–Crippen LogP) is 0.186. The number of thioether (sulfide) groups is 1. The minimum atomic E-state index is -1.44. The van der Waals surface area contributed by atoms with Crippen molar-refractivity contribution in [2.45, 2.75) is 63.8 Å². The van der Waals surface area contributed by atoms with E-state index in [1.165, 1.54) is 16.7 Å². The number of aliphatic hydroxyl groups is 1. The number of nitrogens with one attached hydrogen (secondary N) is 2. The molecule has 29 heavy (non-hydrogen) atoms. The quantitative estimate of drug-likeness (QED) is 0.403. The first-order valence-electron chi connectivity index (χ1n) is 9.43. The molecule has 0 aromatic carbocycles. The molecule has 3 amide bonds. The maximum Gasteiger partial charge on any atom is 0.408 e. The monoisotopic (exact) mass is 433 g/mol. The summed E-state index contributed by atoms with van der Waals surface area (Å²) in [6.45, 7) is 4.71. The Morgan fingerprint density at radius 2 is 1.86 bits per heavy atom. The summed E-state index contributed by atoms with van der Waals surface area (Å²) in [5, 5.41) is 22.9. The second kappa shape index (κ2) is 11.2. The molecule has 166 valence electrons. The number of carboxylic acids is 1. The first-order chi connectivity index (χ1) is 13.5. The van der Waals surface area contributed by atoms with Gasteiger partial charge in [0.1, 0.15) is 23.7 Å². The molecule has 1 aliphatic heterocycles. The molecule has 0 aromatic heterocycles. The molecule has 0 aromatic rings. The number of ether oxygens (including phenoxy) is 1. The highest BCUT2D eigenvalue weighted by Crippen LogP contribution is 2.20. The van der Waals surface area contributed by atoms with Gasteiger partial charge in [-0.05, 0) is 52.0 Å². The molecule has 0 bridgehead atoms. The number of alkyl carbamates (subject to hydrolysis) is 1. The zero-order valence-corrected chi connectivity index (χ0v) is 18.1. The number of likely N-dealkylation sites (tertiary alicyclic amines) is 1. The van der Waals surface area contributed by atoms with Gasteiger partial charge in [0.25, 0.3) is 0 Å². The first kappa shape index (κ1) is 25.0. The van der Waals surface area contributed by atoms with Crippen molar-refractivity contribution in [3.8, 4) is 0 Å². The van der Waals surface area contributed by atoms with E-state index in [-0.39, 0.29) is 0 Å². The molecular formula is C18H31N3O7S. The van der Waals surface area contributed by atoms with Crippen LogP contribution in [0.2, 0.25) is 0 Å². The van der Waals surface area contributed by atoms with Gasteiger partial charge in [0.2, 0.25) is 11.8 Å². The van der Waals surface area contributed by atoms with Crippen molar-refractivity contribution in [1.82, 2.24) is 15.5 Å². The predicted molar refractivity (Wildman–Crippen MR) is 108 cm³/mol. The highest BCUT2D eigenvalue weighted by atomic mass is 32.2. The van der Waals surface area contributed by atoms with E-state index in [2.05, 4.69) is 10.6 Å². The van der Waals surface area contributed by atoms with Crippen molar-refractivity contribution in [2.24, 2.45) is 0 Å². The van der Waals surface area contributed by atoms with Crippen LogP contribution in [0.3, 0.4) is 0 Å². The first-order valence-corrected chi connectivity index (χ1v) is 10.8. The Kier molecular flexibility index (Phi) is 9.71. The van der Waals surface area contributed by atoms with Crippen LogP contribution in [-0.2, 0) is 19.1 Å². The molecule has 0 unspecified atom stereocenters. The summed E-state index contributed by atoms with van der Waals surface area (Å²) in [5.41, 5.74) is -0.719. The van der Waals surface area contributed by atoms with Gasteiger partial charge in [-0.25, -0.2) is 9.59 Å². The van der Waals surface area contributed by atoms with Crippen LogP contribution < -0.4 is 10.6 Å². The molecule has 1 rings (SSSR count). The van der Waals surface area contributed by atoms with Crippen molar-refractivity contribution >= 4 is 35.6 Å². The maximum absolute atomic E-state index is 13.1. The average Bonchev–Trinajstić information content (AvgIpc) is 3.10. The molecule has 1 aliphatic rings. The fourth-order valence-electron chi connectivity index (χ4n) is 2.90. The molecule has 11 heteroatoms. The van der Waals surface area contributed by atoms with Gasteiger partial charge in [-0.15, -0.1) is 0 Å². The Morgan fingerprint density at radius 1 is 1.21 bits per heavy atom. The SMILES string of the molecule is CSCC[C@H](NC(=O)OC(C)(C)C)C(=O)N1CCC[C@H]1C(=O)N[C@@H](CO)C(=O)O. The Bertz CT molecular complexity index is 609. The van der Waals surface area contributed by atoms with Gasteiger partial charge in [0, 0.05) is 6.54 Å². The van der Waals surface area contributed by atoms with Crippen molar-refractivity contribution in [3.05, 3.63) is 0 Å². The molecule has 4 N–H and O–H groups in total. The maximum atomic E-state index is 13.1. The van der Waals surface area contributed by atoms with E-state index < -0.39 is 54.2 Å². The third-order valence-electron chi connectivity index (χ3n) is 4.24. The number of amides is 3. The molecule has 0 aliphatic carbocycles. The standard InChI is InChI=1S/C18H31N3O7S/c1-18(2,3)28-17(27)20-11(7-9-29-4)15(24)21-8-5-6-13(21)14(23)19-12(10-22)16(25)26/h11-13,22H,5-10H2,1-4H3,(H,19,23)(H,20,27)(H,25,26)/t11-,12-,13-/m0/s1. The number of aliphatic carboxylic acids is 1. The zero-order valence-electron chi connectivity index (χ0n) is 17.3. The largest absolute Gasteiger partial charge is 0.480 e. The molecule has 1 fully saturated rings. The van der Waals surface area contributed by atoms with Crippen molar-refractivity contribution in [2.75, 3.05) is 25.2 Å². The minimum Gasteiger partial charge on any atom is -0.480 e. The van der Waals surface area contributed by atoms with Crippen molar-refractivity contribution in [3.63, 3.8) is 0 Å². The fourth-order valence-corrected chi connectivity index (χ4v) is 3.37. The smallest absolute Gasteiger partial charge is 0.408 e. The summed E-state index contributed by atoms with van der Waals surface area (Å²) in [5.74, 6) is -1.81. The number of aliphatic hydroxyl groups excluding tert-OH is 1. The average molecular weight is 434 g/mol. The molecule has 3 atom stereocenters. The Hall–Kier alpha value is -2.01. The van der Waals surface area contributed by atoms with Crippen LogP contribution in [0.1, 0.15) is 40.0 Å². The van der Waals surface area contributed by atoms with E-state index in [0.29, 0.717) is 31.6 Å². The van der Waals surface area contributed by atoms with Crippen LogP contribution >= 0.6 is 11.8 Å². The lowest BCUT2D eigenvalue weighted by Crippen LogP contribution is -2.56. The molecule has 1 heterocycles. The highest BCUT2D eigenvalue weighted by Gasteiger charge is 2.39. The van der Waals surface area contributed by atoms with Crippen LogP contribution in [0, 0.1) is 0 Å². The highest BCUT2D eigenvalue weighted by molar-refractivity contribution is 7.98. The second-order valence-corrected chi connectivity index (χ2v) is 8.74. The Balaban J connectivity index is 2.88. The van der Waals surface area contributed by atoms with E-state index in [1.54, 1.807) is 20.8 Å². The van der Waals surface area contributed by atoms with Crippen LogP contribution in [0.4, 0.5) is 4.79 Å². The van der Waals surface area contributed by atoms with E-state index in [9.17, 15) is 19.2 Å². The van der Waals surface area contributed by atoms with Gasteiger partial charge in [0.15, 0.2) is 0 Å². The summed E-state index contributed by atoms with van der Waals surface area (Å²) in [6.07, 6.45) is 2.46. The molecule has 0 spiro atoms. The van der Waals surface area contributed by atoms with Crippen molar-refractivity contribution < 1.29 is 34.1 Å². The summed E-state index contributed by atoms with van der Waals surface area (Å²) in [6, 6.07) is -3.15. The number of hydrogen-bond donors (Lipinski definition) is 4. The number of rotatable bonds is 9. The lowest BCUT2D eigenvalue weighted by atomic mass is 10.1. The van der Waals surface area contributed by atoms with E-state index in [4.69, 9.17) is 14.9 Å². The number of hydrogen-bond acceptors (Lipinski definition) is 7. The van der Waals surface area contributed by atoms with Crippen molar-refractivity contribution in [1.29, 1.82) is 0 Å². The van der Waals surface area contributed by atoms with Crippen LogP contribution in [0.25, 0.3) is 0 Å². The molecule has 0 radical (unpaired) electrons. The number of carboxylic acid groups (broad SMARTS) is 1. The topological polar surface area (TPSA) is 145 Å². The summed E-state index contributed by atoms with van der Waals surface area (Å²) in [4.78, 5) is 50.1. The van der Waals surface area contributed by atoms with E-state index >= 15 is 0 Å². The van der Waals surface area contributed by atoms with Gasteiger partial charge >= 0.3 is 12.1 Å². The molecule has 1 saturated heterocycles. The lowest BCUT2D eigenvalue weighted by molar-refractivity contribution is -0.145. The van der Waals surface area contributed by atoms with Gasteiger partial charge in [-0.1, -0.05) is 0 Å². The van der Waals surface area contributed by atoms with Gasteiger partial charge < -0.3 is 30.5 Å². The third kappa shape index (κ3) is 8.09. The summed E-state index contributed by atoms with van der Waals surface area (Å²) in [7, 11) is 0. The Morgan fingerprint density at radius 3 is 2.38 bits per heavy atom. The summed E-state index contributed by atoms with van der Waals surface area (Å²) >= 11 is 1.52. The van der Waals surface area contributed by atoms with Crippen LogP contribution in [-0.4, -0.2) is 87.9 Å². The van der Waals surface area contributed by atoms with Gasteiger partial charge in [0.05, 0.1) is 6.61 Å². The van der Waals surface area contributed by atoms with Gasteiger partial charge in [-0.3, -0.25) is 9.59 Å². The Labute approximate surface area is 174 Å². The van der Waals surface area contributed by atoms with E-state index in [0.717, 1.165) is 0 Å². The van der Waals surface area contributed by atoms with Gasteiger partial charge in [-0.2, -0.15) is 11.8 Å². The van der Waals surface area contributed by atoms with E-state index in [1.807, 2.05) is 6.26 Å².